The van der Waals surface area contributed by atoms with Crippen molar-refractivity contribution in [1.29, 1.82) is 0 Å². The number of nitrogens with zero attached hydrogens (tertiary/aromatic N) is 1. The van der Waals surface area contributed by atoms with Gasteiger partial charge in [-0.1, -0.05) is 0 Å². The SMILES string of the molecule is COC(=O)c1ccc(NC(=O)N2C[C@H]3COC[C@@H](C2)C(=O)N3)cc1. The molecule has 3 amide bonds. The minimum absolute atomic E-state index is 0.0739. The Morgan fingerprint density at radius 2 is 2.00 bits per heavy atom. The Morgan fingerprint density at radius 1 is 1.25 bits per heavy atom. The number of hydrogen-bond donors (Lipinski definition) is 2. The molecule has 2 aliphatic rings. The summed E-state index contributed by atoms with van der Waals surface area (Å²) >= 11 is 0. The first-order valence-electron chi connectivity index (χ1n) is 7.69. The lowest BCUT2D eigenvalue weighted by Crippen LogP contribution is -2.46. The van der Waals surface area contributed by atoms with E-state index in [0.717, 1.165) is 0 Å². The molecule has 2 saturated heterocycles. The van der Waals surface area contributed by atoms with Crippen LogP contribution in [0.3, 0.4) is 0 Å². The summed E-state index contributed by atoms with van der Waals surface area (Å²) in [6.45, 7) is 1.43. The Balaban J connectivity index is 1.66. The van der Waals surface area contributed by atoms with Gasteiger partial charge in [-0.2, -0.15) is 0 Å². The number of ether oxygens (including phenoxy) is 2. The van der Waals surface area contributed by atoms with E-state index < -0.39 is 5.97 Å². The third-order valence-electron chi connectivity index (χ3n) is 4.08. The van der Waals surface area contributed by atoms with Crippen LogP contribution < -0.4 is 10.6 Å². The van der Waals surface area contributed by atoms with Gasteiger partial charge in [-0.3, -0.25) is 4.79 Å². The van der Waals surface area contributed by atoms with E-state index in [0.29, 0.717) is 37.6 Å². The van der Waals surface area contributed by atoms with Gasteiger partial charge in [-0.15, -0.1) is 0 Å². The van der Waals surface area contributed by atoms with Gasteiger partial charge in [0.05, 0.1) is 37.8 Å². The van der Waals surface area contributed by atoms with Crippen molar-refractivity contribution in [2.75, 3.05) is 38.7 Å². The maximum Gasteiger partial charge on any atom is 0.337 e. The molecule has 8 nitrogen and oxygen atoms in total. The zero-order valence-corrected chi connectivity index (χ0v) is 13.3. The minimum atomic E-state index is -0.433. The van der Waals surface area contributed by atoms with Crippen molar-refractivity contribution >= 4 is 23.6 Å². The van der Waals surface area contributed by atoms with Crippen molar-refractivity contribution in [3.05, 3.63) is 29.8 Å². The zero-order chi connectivity index (χ0) is 17.1. The van der Waals surface area contributed by atoms with E-state index in [2.05, 4.69) is 15.4 Å². The highest BCUT2D eigenvalue weighted by Crippen LogP contribution is 2.16. The predicted octanol–water partition coefficient (Wildman–Crippen LogP) is 0.452. The third kappa shape index (κ3) is 3.48. The van der Waals surface area contributed by atoms with Crippen LogP contribution in [0.25, 0.3) is 0 Å². The van der Waals surface area contributed by atoms with E-state index in [9.17, 15) is 14.4 Å². The summed E-state index contributed by atoms with van der Waals surface area (Å²) in [5.74, 6) is -0.863. The summed E-state index contributed by atoms with van der Waals surface area (Å²) in [4.78, 5) is 37.5. The van der Waals surface area contributed by atoms with Crippen molar-refractivity contribution in [2.45, 2.75) is 6.04 Å². The van der Waals surface area contributed by atoms with E-state index in [-0.39, 0.29) is 23.9 Å². The Morgan fingerprint density at radius 3 is 2.71 bits per heavy atom. The molecule has 2 fully saturated rings. The van der Waals surface area contributed by atoms with Crippen LogP contribution in [-0.4, -0.2) is 62.3 Å². The number of carbonyl (C=O) groups excluding carboxylic acids is 3. The van der Waals surface area contributed by atoms with Gasteiger partial charge >= 0.3 is 12.0 Å². The van der Waals surface area contributed by atoms with Crippen LogP contribution in [0.1, 0.15) is 10.4 Å². The quantitative estimate of drug-likeness (QED) is 0.766. The van der Waals surface area contributed by atoms with E-state index in [4.69, 9.17) is 4.74 Å². The maximum atomic E-state index is 12.5. The standard InChI is InChI=1S/C16H19N3O5/c1-23-15(21)10-2-4-12(5-3-10)18-16(22)19-6-11-8-24-9-13(7-19)17-14(11)20/h2-5,11,13H,6-9H2,1H3,(H,17,20)(H,18,22)/t11-,13+/m1/s1. The molecule has 0 saturated carbocycles. The molecule has 0 spiro atoms. The molecule has 1 aromatic rings. The van der Waals surface area contributed by atoms with Gasteiger partial charge in [0.25, 0.3) is 0 Å². The second kappa shape index (κ2) is 6.88. The van der Waals surface area contributed by atoms with E-state index in [1.54, 1.807) is 29.2 Å². The van der Waals surface area contributed by atoms with Gasteiger partial charge in [-0.05, 0) is 24.3 Å². The number of anilines is 1. The third-order valence-corrected chi connectivity index (χ3v) is 4.08. The van der Waals surface area contributed by atoms with Crippen molar-refractivity contribution in [1.82, 2.24) is 10.2 Å². The average Bonchev–Trinajstić information content (AvgIpc) is 2.83. The largest absolute Gasteiger partial charge is 0.465 e. The highest BCUT2D eigenvalue weighted by molar-refractivity contribution is 5.92. The van der Waals surface area contributed by atoms with Gasteiger partial charge in [-0.25, -0.2) is 9.59 Å². The number of hydrogen-bond acceptors (Lipinski definition) is 5. The van der Waals surface area contributed by atoms with E-state index >= 15 is 0 Å². The molecule has 2 N–H and O–H groups in total. The molecule has 3 rings (SSSR count). The molecule has 2 bridgehead atoms. The number of rotatable bonds is 2. The molecule has 2 aliphatic heterocycles. The Kier molecular flexibility index (Phi) is 4.66. The second-order valence-electron chi connectivity index (χ2n) is 5.84. The molecule has 0 radical (unpaired) electrons. The number of methoxy groups -OCH3 is 1. The fourth-order valence-electron chi connectivity index (χ4n) is 2.81. The molecule has 2 heterocycles. The summed E-state index contributed by atoms with van der Waals surface area (Å²) in [6.07, 6.45) is 0. The molecule has 8 heteroatoms. The van der Waals surface area contributed by atoms with Crippen LogP contribution in [0.15, 0.2) is 24.3 Å². The van der Waals surface area contributed by atoms with Crippen molar-refractivity contribution in [3.63, 3.8) is 0 Å². The number of benzene rings is 1. The van der Waals surface area contributed by atoms with Crippen LogP contribution >= 0.6 is 0 Å². The van der Waals surface area contributed by atoms with Crippen molar-refractivity contribution in [3.8, 4) is 0 Å². The normalized spacial score (nSPS) is 23.0. The summed E-state index contributed by atoms with van der Waals surface area (Å²) in [7, 11) is 1.31. The Hall–Kier alpha value is -2.61. The average molecular weight is 333 g/mol. The number of urea groups is 1. The first-order chi connectivity index (χ1) is 11.6. The van der Waals surface area contributed by atoms with Gasteiger partial charge in [0.2, 0.25) is 5.91 Å². The minimum Gasteiger partial charge on any atom is -0.465 e. The molecule has 128 valence electrons. The van der Waals surface area contributed by atoms with Crippen molar-refractivity contribution in [2.24, 2.45) is 5.92 Å². The van der Waals surface area contributed by atoms with Crippen LogP contribution in [0.5, 0.6) is 0 Å². The highest BCUT2D eigenvalue weighted by atomic mass is 16.5. The smallest absolute Gasteiger partial charge is 0.337 e. The van der Waals surface area contributed by atoms with Gasteiger partial charge in [0.1, 0.15) is 0 Å². The summed E-state index contributed by atoms with van der Waals surface area (Å²) in [5, 5.41) is 5.66. The first kappa shape index (κ1) is 16.3. The molecule has 2 atom stereocenters. The van der Waals surface area contributed by atoms with Gasteiger partial charge in [0.15, 0.2) is 0 Å². The maximum absolute atomic E-state index is 12.5. The van der Waals surface area contributed by atoms with Gasteiger partial charge < -0.3 is 25.0 Å². The van der Waals surface area contributed by atoms with Crippen LogP contribution in [0, 0.1) is 5.92 Å². The fraction of sp³-hybridized carbons (Fsp3) is 0.438. The monoisotopic (exact) mass is 333 g/mol. The summed E-state index contributed by atoms with van der Waals surface area (Å²) in [5.41, 5.74) is 0.976. The number of carbonyl (C=O) groups is 3. The predicted molar refractivity (Wildman–Crippen MR) is 84.6 cm³/mol. The highest BCUT2D eigenvalue weighted by Gasteiger charge is 2.35. The number of amides is 3. The van der Waals surface area contributed by atoms with Crippen molar-refractivity contribution < 1.29 is 23.9 Å². The fourth-order valence-corrected chi connectivity index (χ4v) is 2.81. The number of nitrogens with one attached hydrogen (secondary N) is 2. The van der Waals surface area contributed by atoms with Crippen LogP contribution in [-0.2, 0) is 14.3 Å². The first-order valence-corrected chi connectivity index (χ1v) is 7.69. The molecule has 1 aromatic carbocycles. The number of fused-ring (bicyclic) bond motifs is 3. The van der Waals surface area contributed by atoms with Crippen LogP contribution in [0.2, 0.25) is 0 Å². The Labute approximate surface area is 139 Å². The Bertz CT molecular complexity index is 646. The lowest BCUT2D eigenvalue weighted by atomic mass is 10.1. The topological polar surface area (TPSA) is 97.0 Å². The molecule has 0 aromatic heterocycles. The molecular formula is C16H19N3O5. The lowest BCUT2D eigenvalue weighted by Gasteiger charge is -2.27. The molecule has 24 heavy (non-hydrogen) atoms. The zero-order valence-electron chi connectivity index (χ0n) is 13.3. The molecule has 0 aliphatic carbocycles. The molecular weight excluding hydrogens is 314 g/mol. The summed E-state index contributed by atoms with van der Waals surface area (Å²) < 4.78 is 10.1. The lowest BCUT2D eigenvalue weighted by molar-refractivity contribution is -0.125. The second-order valence-corrected chi connectivity index (χ2v) is 5.84. The summed E-state index contributed by atoms with van der Waals surface area (Å²) in [6, 6.07) is 5.95. The van der Waals surface area contributed by atoms with E-state index in [1.165, 1.54) is 7.11 Å². The molecule has 0 unspecified atom stereocenters. The number of esters is 1. The van der Waals surface area contributed by atoms with Gasteiger partial charge in [0, 0.05) is 18.8 Å². The van der Waals surface area contributed by atoms with E-state index in [1.807, 2.05) is 0 Å². The van der Waals surface area contributed by atoms with Crippen LogP contribution in [0.4, 0.5) is 10.5 Å².